The van der Waals surface area contributed by atoms with Crippen LogP contribution in [0, 0.1) is 11.3 Å². The monoisotopic (exact) mass is 377 g/mol. The molecule has 1 rings (SSSR count). The topological polar surface area (TPSA) is 92.7 Å². The molecule has 0 aromatic heterocycles. The summed E-state index contributed by atoms with van der Waals surface area (Å²) in [5, 5.41) is 12.2. The molecule has 1 aromatic carbocycles. The van der Waals surface area contributed by atoms with Crippen molar-refractivity contribution in [1.82, 2.24) is 5.32 Å². The maximum Gasteiger partial charge on any atom is 0.408 e. The zero-order chi connectivity index (χ0) is 20.8. The molecule has 0 fully saturated rings. The molecule has 0 heterocycles. The van der Waals surface area contributed by atoms with Gasteiger partial charge in [-0.05, 0) is 38.2 Å². The Hall–Kier alpha value is -2.37. The van der Waals surface area contributed by atoms with Gasteiger partial charge in [-0.15, -0.1) is 0 Å². The molecule has 0 aliphatic carbocycles. The molecular formula is C21H31NO5. The minimum atomic E-state index is -1.03. The highest BCUT2D eigenvalue weighted by Crippen LogP contribution is 2.24. The summed E-state index contributed by atoms with van der Waals surface area (Å²) in [5.41, 5.74) is -0.416. The number of aliphatic carboxylic acids is 1. The standard InChI is InChI=1S/C21H31NO5/c1-20(2,3)17(22-19(26)27-21(4,5)6)16(23)13-15(18(24)25)12-14-10-8-7-9-11-14/h7-11,15,17H,12-13H2,1-6H3,(H,22,26)(H,24,25)/t15-,17-/m1/s1. The quantitative estimate of drug-likeness (QED) is 0.753. The molecule has 27 heavy (non-hydrogen) atoms. The third kappa shape index (κ3) is 8.24. The Morgan fingerprint density at radius 1 is 1.04 bits per heavy atom. The van der Waals surface area contributed by atoms with Crippen LogP contribution in [0.2, 0.25) is 0 Å². The highest BCUT2D eigenvalue weighted by atomic mass is 16.6. The maximum atomic E-state index is 12.9. The minimum Gasteiger partial charge on any atom is -0.481 e. The van der Waals surface area contributed by atoms with E-state index in [1.165, 1.54) is 0 Å². The van der Waals surface area contributed by atoms with E-state index in [1.807, 2.05) is 51.1 Å². The average Bonchev–Trinajstić information content (AvgIpc) is 2.50. The average molecular weight is 377 g/mol. The van der Waals surface area contributed by atoms with E-state index in [4.69, 9.17) is 4.74 Å². The lowest BCUT2D eigenvalue weighted by molar-refractivity contribution is -0.144. The molecular weight excluding hydrogens is 346 g/mol. The number of ketones is 1. The van der Waals surface area contributed by atoms with Crippen LogP contribution in [0.4, 0.5) is 4.79 Å². The van der Waals surface area contributed by atoms with E-state index in [9.17, 15) is 19.5 Å². The van der Waals surface area contributed by atoms with Crippen LogP contribution in [0.1, 0.15) is 53.5 Å². The number of benzene rings is 1. The summed E-state index contributed by atoms with van der Waals surface area (Å²) in [7, 11) is 0. The molecule has 6 heteroatoms. The Morgan fingerprint density at radius 2 is 1.59 bits per heavy atom. The molecule has 0 saturated carbocycles. The Morgan fingerprint density at radius 3 is 2.04 bits per heavy atom. The number of hydrogen-bond acceptors (Lipinski definition) is 4. The lowest BCUT2D eigenvalue weighted by Crippen LogP contribution is -2.51. The van der Waals surface area contributed by atoms with Crippen LogP contribution >= 0.6 is 0 Å². The fourth-order valence-corrected chi connectivity index (χ4v) is 2.71. The number of nitrogens with one attached hydrogen (secondary N) is 1. The molecule has 0 aliphatic heterocycles. The van der Waals surface area contributed by atoms with Gasteiger partial charge >= 0.3 is 12.1 Å². The van der Waals surface area contributed by atoms with Crippen molar-refractivity contribution in [3.63, 3.8) is 0 Å². The van der Waals surface area contributed by atoms with Gasteiger partial charge in [0.15, 0.2) is 5.78 Å². The summed E-state index contributed by atoms with van der Waals surface area (Å²) >= 11 is 0. The van der Waals surface area contributed by atoms with Gasteiger partial charge in [0.25, 0.3) is 0 Å². The lowest BCUT2D eigenvalue weighted by Gasteiger charge is -2.32. The molecule has 2 N–H and O–H groups in total. The fraction of sp³-hybridized carbons (Fsp3) is 0.571. The zero-order valence-corrected chi connectivity index (χ0v) is 17.0. The molecule has 0 saturated heterocycles. The van der Waals surface area contributed by atoms with Crippen molar-refractivity contribution in [1.29, 1.82) is 0 Å². The van der Waals surface area contributed by atoms with Crippen LogP contribution in [-0.4, -0.2) is 34.6 Å². The highest BCUT2D eigenvalue weighted by Gasteiger charge is 2.36. The summed E-state index contributed by atoms with van der Waals surface area (Å²) in [5.74, 6) is -2.21. The van der Waals surface area contributed by atoms with Crippen molar-refractivity contribution < 1.29 is 24.2 Å². The number of carbonyl (C=O) groups excluding carboxylic acids is 2. The normalized spacial score (nSPS) is 14.1. The Bertz CT molecular complexity index is 655. The van der Waals surface area contributed by atoms with Gasteiger partial charge in [-0.2, -0.15) is 0 Å². The van der Waals surface area contributed by atoms with Gasteiger partial charge in [-0.3, -0.25) is 9.59 Å². The van der Waals surface area contributed by atoms with E-state index in [0.29, 0.717) is 0 Å². The first-order chi connectivity index (χ1) is 12.3. The van der Waals surface area contributed by atoms with Gasteiger partial charge < -0.3 is 15.2 Å². The Balaban J connectivity index is 2.90. The van der Waals surface area contributed by atoms with E-state index in [2.05, 4.69) is 5.32 Å². The zero-order valence-electron chi connectivity index (χ0n) is 17.0. The molecule has 0 aliphatic rings. The number of carbonyl (C=O) groups is 3. The molecule has 0 unspecified atom stereocenters. The van der Waals surface area contributed by atoms with Gasteiger partial charge in [-0.1, -0.05) is 51.1 Å². The molecule has 0 radical (unpaired) electrons. The molecule has 2 atom stereocenters. The molecule has 0 bridgehead atoms. The molecule has 0 spiro atoms. The highest BCUT2D eigenvalue weighted by molar-refractivity contribution is 5.91. The molecule has 6 nitrogen and oxygen atoms in total. The first kappa shape index (κ1) is 22.7. The summed E-state index contributed by atoms with van der Waals surface area (Å²) in [6, 6.07) is 8.34. The predicted molar refractivity (Wildman–Crippen MR) is 104 cm³/mol. The van der Waals surface area contributed by atoms with Crippen molar-refractivity contribution in [3.8, 4) is 0 Å². The van der Waals surface area contributed by atoms with Gasteiger partial charge in [0.1, 0.15) is 5.60 Å². The van der Waals surface area contributed by atoms with Crippen LogP contribution in [0.5, 0.6) is 0 Å². The summed E-state index contributed by atoms with van der Waals surface area (Å²) in [6.45, 7) is 10.7. The predicted octanol–water partition coefficient (Wildman–Crippen LogP) is 3.83. The number of Topliss-reactive ketones (excluding diaryl/α,β-unsaturated/α-hetero) is 1. The van der Waals surface area contributed by atoms with E-state index in [1.54, 1.807) is 20.8 Å². The fourth-order valence-electron chi connectivity index (χ4n) is 2.71. The van der Waals surface area contributed by atoms with E-state index < -0.39 is 35.0 Å². The third-order valence-corrected chi connectivity index (χ3v) is 3.97. The number of ether oxygens (including phenoxy) is 1. The summed E-state index contributed by atoms with van der Waals surface area (Å²) in [4.78, 5) is 36.6. The number of amides is 1. The van der Waals surface area contributed by atoms with Gasteiger partial charge in [0.2, 0.25) is 0 Å². The van der Waals surface area contributed by atoms with Gasteiger partial charge in [0.05, 0.1) is 12.0 Å². The number of rotatable bonds is 7. The molecule has 150 valence electrons. The van der Waals surface area contributed by atoms with Gasteiger partial charge in [0, 0.05) is 6.42 Å². The van der Waals surface area contributed by atoms with E-state index >= 15 is 0 Å². The number of carboxylic acids is 1. The van der Waals surface area contributed by atoms with E-state index in [0.717, 1.165) is 5.56 Å². The number of carboxylic acid groups (broad SMARTS) is 1. The minimum absolute atomic E-state index is 0.165. The van der Waals surface area contributed by atoms with Crippen LogP contribution in [0.25, 0.3) is 0 Å². The third-order valence-electron chi connectivity index (χ3n) is 3.97. The largest absolute Gasteiger partial charge is 0.481 e. The molecule has 1 amide bonds. The lowest BCUT2D eigenvalue weighted by atomic mass is 9.81. The van der Waals surface area contributed by atoms with Crippen LogP contribution in [-0.2, 0) is 20.7 Å². The first-order valence-corrected chi connectivity index (χ1v) is 9.08. The second-order valence-corrected chi connectivity index (χ2v) is 8.84. The second kappa shape index (κ2) is 9.02. The smallest absolute Gasteiger partial charge is 0.408 e. The summed E-state index contributed by atoms with van der Waals surface area (Å²) in [6.07, 6.45) is -0.599. The van der Waals surface area contributed by atoms with Crippen molar-refractivity contribution in [2.75, 3.05) is 0 Å². The summed E-state index contributed by atoms with van der Waals surface area (Å²) < 4.78 is 5.24. The first-order valence-electron chi connectivity index (χ1n) is 9.08. The van der Waals surface area contributed by atoms with E-state index in [-0.39, 0.29) is 18.6 Å². The van der Waals surface area contributed by atoms with Crippen molar-refractivity contribution in [2.45, 2.75) is 66.0 Å². The van der Waals surface area contributed by atoms with Crippen LogP contribution < -0.4 is 5.32 Å². The second-order valence-electron chi connectivity index (χ2n) is 8.84. The van der Waals surface area contributed by atoms with Crippen molar-refractivity contribution in [2.24, 2.45) is 11.3 Å². The number of alkyl carbamates (subject to hydrolysis) is 1. The van der Waals surface area contributed by atoms with Crippen LogP contribution in [0.15, 0.2) is 30.3 Å². The Kier molecular flexibility index (Phi) is 7.57. The maximum absolute atomic E-state index is 12.9. The number of hydrogen-bond donors (Lipinski definition) is 2. The molecule has 1 aromatic rings. The van der Waals surface area contributed by atoms with Crippen molar-refractivity contribution >= 4 is 17.8 Å². The van der Waals surface area contributed by atoms with Gasteiger partial charge in [-0.25, -0.2) is 4.79 Å². The SMILES string of the molecule is CC(C)(C)OC(=O)N[C@H](C(=O)C[C@@H](Cc1ccccc1)C(=O)O)C(C)(C)C. The van der Waals surface area contributed by atoms with Crippen LogP contribution in [0.3, 0.4) is 0 Å². The van der Waals surface area contributed by atoms with Crippen molar-refractivity contribution in [3.05, 3.63) is 35.9 Å². The Labute approximate surface area is 161 Å².